The van der Waals surface area contributed by atoms with Gasteiger partial charge in [-0.3, -0.25) is 0 Å². The standard InChI is InChI=1S/C22H23FN2O2/c1-17-22(27-21(26)25(17)20-5-3-2-4-6-20)12-15-24(16-13-22)14-11-18-7-9-19(23)10-8-18/h2-10H,1,11-16H2. The second kappa shape index (κ2) is 7.16. The summed E-state index contributed by atoms with van der Waals surface area (Å²) in [5.74, 6) is -0.205. The SMILES string of the molecule is C=C1N(c2ccccc2)C(=O)OC12CCN(CCc1ccc(F)cc1)CC2. The molecule has 2 aromatic rings. The highest BCUT2D eigenvalue weighted by Crippen LogP contribution is 2.42. The number of rotatable bonds is 4. The highest BCUT2D eigenvalue weighted by molar-refractivity contribution is 5.95. The van der Waals surface area contributed by atoms with Crippen LogP contribution in [0.3, 0.4) is 0 Å². The summed E-state index contributed by atoms with van der Waals surface area (Å²) in [7, 11) is 0. The molecule has 0 atom stereocenters. The number of halogens is 1. The van der Waals surface area contributed by atoms with Gasteiger partial charge in [-0.15, -0.1) is 0 Å². The summed E-state index contributed by atoms with van der Waals surface area (Å²) in [5, 5.41) is 0. The largest absolute Gasteiger partial charge is 0.436 e. The van der Waals surface area contributed by atoms with Crippen molar-refractivity contribution >= 4 is 11.8 Å². The zero-order chi connectivity index (χ0) is 18.9. The van der Waals surface area contributed by atoms with Crippen LogP contribution in [0.25, 0.3) is 0 Å². The zero-order valence-corrected chi connectivity index (χ0v) is 15.2. The number of carbonyl (C=O) groups excluding carboxylic acids is 1. The molecule has 2 aliphatic rings. The van der Waals surface area contributed by atoms with Crippen molar-refractivity contribution in [3.05, 3.63) is 78.3 Å². The number of hydrogen-bond donors (Lipinski definition) is 0. The van der Waals surface area contributed by atoms with Crippen molar-refractivity contribution in [1.82, 2.24) is 4.90 Å². The minimum Gasteiger partial charge on any atom is -0.436 e. The summed E-state index contributed by atoms with van der Waals surface area (Å²) in [6.07, 6.45) is 2.02. The lowest BCUT2D eigenvalue weighted by Crippen LogP contribution is -2.46. The first-order valence-electron chi connectivity index (χ1n) is 9.32. The first-order chi connectivity index (χ1) is 13.1. The van der Waals surface area contributed by atoms with E-state index in [9.17, 15) is 9.18 Å². The van der Waals surface area contributed by atoms with E-state index in [-0.39, 0.29) is 11.9 Å². The third-order valence-corrected chi connectivity index (χ3v) is 5.57. The van der Waals surface area contributed by atoms with E-state index in [1.54, 1.807) is 4.90 Å². The maximum atomic E-state index is 13.0. The van der Waals surface area contributed by atoms with Crippen LogP contribution in [0.5, 0.6) is 0 Å². The van der Waals surface area contributed by atoms with Crippen molar-refractivity contribution in [1.29, 1.82) is 0 Å². The normalized spacial score (nSPS) is 19.5. The Morgan fingerprint density at radius 3 is 2.37 bits per heavy atom. The molecule has 5 heteroatoms. The van der Waals surface area contributed by atoms with Gasteiger partial charge in [0.15, 0.2) is 5.60 Å². The molecule has 2 saturated heterocycles. The van der Waals surface area contributed by atoms with Crippen LogP contribution >= 0.6 is 0 Å². The number of nitrogens with zero attached hydrogens (tertiary/aromatic N) is 2. The van der Waals surface area contributed by atoms with Crippen LogP contribution in [-0.4, -0.2) is 36.2 Å². The fourth-order valence-electron chi connectivity index (χ4n) is 3.89. The quantitative estimate of drug-likeness (QED) is 0.805. The van der Waals surface area contributed by atoms with E-state index < -0.39 is 5.60 Å². The van der Waals surface area contributed by atoms with Gasteiger partial charge in [0, 0.05) is 32.5 Å². The minimum atomic E-state index is -0.598. The van der Waals surface area contributed by atoms with Crippen molar-refractivity contribution in [2.24, 2.45) is 0 Å². The van der Waals surface area contributed by atoms with Crippen LogP contribution in [0.2, 0.25) is 0 Å². The van der Waals surface area contributed by atoms with Crippen molar-refractivity contribution in [3.63, 3.8) is 0 Å². The molecule has 0 aliphatic carbocycles. The molecule has 1 spiro atoms. The highest BCUT2D eigenvalue weighted by atomic mass is 19.1. The van der Waals surface area contributed by atoms with Gasteiger partial charge < -0.3 is 9.64 Å². The Labute approximate surface area is 158 Å². The smallest absolute Gasteiger partial charge is 0.419 e. The molecule has 2 aliphatic heterocycles. The van der Waals surface area contributed by atoms with Gasteiger partial charge in [0.05, 0.1) is 11.4 Å². The molecule has 0 bridgehead atoms. The maximum absolute atomic E-state index is 13.0. The number of likely N-dealkylation sites (tertiary alicyclic amines) is 1. The monoisotopic (exact) mass is 366 g/mol. The van der Waals surface area contributed by atoms with Crippen molar-refractivity contribution in [2.45, 2.75) is 24.9 Å². The Hall–Kier alpha value is -2.66. The van der Waals surface area contributed by atoms with Crippen LogP contribution in [0.15, 0.2) is 66.9 Å². The molecule has 0 saturated carbocycles. The molecule has 27 heavy (non-hydrogen) atoms. The highest BCUT2D eigenvalue weighted by Gasteiger charge is 2.50. The zero-order valence-electron chi connectivity index (χ0n) is 15.2. The van der Waals surface area contributed by atoms with Crippen molar-refractivity contribution < 1.29 is 13.9 Å². The molecule has 2 heterocycles. The molecule has 2 fully saturated rings. The number of ether oxygens (including phenoxy) is 1. The minimum absolute atomic E-state index is 0.205. The number of benzene rings is 2. The summed E-state index contributed by atoms with van der Waals surface area (Å²) >= 11 is 0. The molecule has 0 N–H and O–H groups in total. The summed E-state index contributed by atoms with van der Waals surface area (Å²) < 4.78 is 18.8. The molecule has 0 unspecified atom stereocenters. The number of amides is 1. The molecule has 4 nitrogen and oxygen atoms in total. The summed E-state index contributed by atoms with van der Waals surface area (Å²) in [6.45, 7) is 6.79. The second-order valence-electron chi connectivity index (χ2n) is 7.20. The van der Waals surface area contributed by atoms with Gasteiger partial charge in [-0.05, 0) is 36.2 Å². The lowest BCUT2D eigenvalue weighted by molar-refractivity contribution is 0.0154. The van der Waals surface area contributed by atoms with Gasteiger partial charge in [-0.2, -0.15) is 0 Å². The Morgan fingerprint density at radius 2 is 1.70 bits per heavy atom. The van der Waals surface area contributed by atoms with E-state index in [4.69, 9.17) is 4.74 Å². The Kier molecular flexibility index (Phi) is 4.70. The van der Waals surface area contributed by atoms with E-state index in [2.05, 4.69) is 11.5 Å². The Balaban J connectivity index is 1.37. The predicted octanol–water partition coefficient (Wildman–Crippen LogP) is 4.37. The average Bonchev–Trinajstić information content (AvgIpc) is 2.93. The molecule has 4 rings (SSSR count). The van der Waals surface area contributed by atoms with Gasteiger partial charge in [0.1, 0.15) is 5.82 Å². The molecule has 1 amide bonds. The van der Waals surface area contributed by atoms with E-state index >= 15 is 0 Å². The van der Waals surface area contributed by atoms with E-state index in [1.807, 2.05) is 42.5 Å². The lowest BCUT2D eigenvalue weighted by Gasteiger charge is -2.38. The number of carbonyl (C=O) groups is 1. The van der Waals surface area contributed by atoms with Gasteiger partial charge in [-0.1, -0.05) is 36.9 Å². The van der Waals surface area contributed by atoms with E-state index in [0.717, 1.165) is 55.8 Å². The Bertz CT molecular complexity index is 827. The third kappa shape index (κ3) is 3.47. The van der Waals surface area contributed by atoms with Crippen molar-refractivity contribution in [3.8, 4) is 0 Å². The van der Waals surface area contributed by atoms with E-state index in [0.29, 0.717) is 0 Å². The maximum Gasteiger partial charge on any atom is 0.419 e. The van der Waals surface area contributed by atoms with Crippen molar-refractivity contribution in [2.75, 3.05) is 24.5 Å². The molecule has 0 aromatic heterocycles. The van der Waals surface area contributed by atoms with Crippen LogP contribution in [-0.2, 0) is 11.2 Å². The van der Waals surface area contributed by atoms with E-state index in [1.165, 1.54) is 12.1 Å². The molecular weight excluding hydrogens is 343 g/mol. The van der Waals surface area contributed by atoms with Gasteiger partial charge >= 0.3 is 6.09 Å². The number of piperidine rings is 1. The van der Waals surface area contributed by atoms with Crippen LogP contribution in [0.4, 0.5) is 14.9 Å². The first kappa shape index (κ1) is 17.7. The van der Waals surface area contributed by atoms with Crippen LogP contribution in [0, 0.1) is 5.82 Å². The first-order valence-corrected chi connectivity index (χ1v) is 9.32. The average molecular weight is 366 g/mol. The summed E-state index contributed by atoms with van der Waals surface area (Å²) in [5.41, 5.74) is 2.06. The second-order valence-corrected chi connectivity index (χ2v) is 7.20. The van der Waals surface area contributed by atoms with Crippen LogP contribution < -0.4 is 4.90 Å². The van der Waals surface area contributed by atoms with Gasteiger partial charge in [0.2, 0.25) is 0 Å². The third-order valence-electron chi connectivity index (χ3n) is 5.57. The number of hydrogen-bond acceptors (Lipinski definition) is 3. The Morgan fingerprint density at radius 1 is 1.04 bits per heavy atom. The topological polar surface area (TPSA) is 32.8 Å². The molecular formula is C22H23FN2O2. The summed E-state index contributed by atoms with van der Waals surface area (Å²) in [6, 6.07) is 16.2. The predicted molar refractivity (Wildman–Crippen MR) is 103 cm³/mol. The molecule has 0 radical (unpaired) electrons. The fraction of sp³-hybridized carbons (Fsp3) is 0.318. The number of anilines is 1. The van der Waals surface area contributed by atoms with Gasteiger partial charge in [-0.25, -0.2) is 14.1 Å². The number of para-hydroxylation sites is 1. The lowest BCUT2D eigenvalue weighted by atomic mass is 9.88. The molecule has 2 aromatic carbocycles. The van der Waals surface area contributed by atoms with Gasteiger partial charge in [0.25, 0.3) is 0 Å². The summed E-state index contributed by atoms with van der Waals surface area (Å²) in [4.78, 5) is 16.4. The fourth-order valence-corrected chi connectivity index (χ4v) is 3.89. The van der Waals surface area contributed by atoms with Crippen LogP contribution in [0.1, 0.15) is 18.4 Å². The molecule has 140 valence electrons.